The molecule has 0 saturated heterocycles. The van der Waals surface area contributed by atoms with Crippen molar-refractivity contribution in [1.82, 2.24) is 10.2 Å². The lowest BCUT2D eigenvalue weighted by atomic mass is 10.1. The van der Waals surface area contributed by atoms with Crippen molar-refractivity contribution < 1.29 is 4.42 Å². The molecule has 0 aliphatic heterocycles. The lowest BCUT2D eigenvalue weighted by molar-refractivity contribution is 0.174. The van der Waals surface area contributed by atoms with Crippen LogP contribution in [0.4, 0.5) is 0 Å². The van der Waals surface area contributed by atoms with E-state index in [4.69, 9.17) is 4.42 Å². The Bertz CT molecular complexity index is 382. The van der Waals surface area contributed by atoms with Crippen LogP contribution in [0.1, 0.15) is 58.1 Å². The van der Waals surface area contributed by atoms with Crippen LogP contribution in [-0.2, 0) is 13.1 Å². The normalized spacial score (nSPS) is 12.1. The molecule has 1 aromatic heterocycles. The minimum atomic E-state index is 0.546. The van der Waals surface area contributed by atoms with Gasteiger partial charge in [-0.05, 0) is 45.7 Å². The molecule has 0 atom stereocenters. The average molecular weight is 280 g/mol. The smallest absolute Gasteiger partial charge is 0.118 e. The van der Waals surface area contributed by atoms with E-state index in [0.29, 0.717) is 12.0 Å². The van der Waals surface area contributed by atoms with Gasteiger partial charge in [-0.25, -0.2) is 0 Å². The number of furan rings is 1. The van der Waals surface area contributed by atoms with Crippen molar-refractivity contribution in [1.29, 1.82) is 0 Å². The third-order valence-corrected chi connectivity index (χ3v) is 3.50. The van der Waals surface area contributed by atoms with E-state index in [1.165, 1.54) is 12.0 Å². The third-order valence-electron chi connectivity index (χ3n) is 3.50. The van der Waals surface area contributed by atoms with Gasteiger partial charge in [0.15, 0.2) is 0 Å². The Morgan fingerprint density at radius 1 is 1.25 bits per heavy atom. The highest BCUT2D eigenvalue weighted by atomic mass is 16.3. The van der Waals surface area contributed by atoms with Gasteiger partial charge in [-0.3, -0.25) is 4.90 Å². The highest BCUT2D eigenvalue weighted by molar-refractivity contribution is 5.20. The Labute approximate surface area is 124 Å². The van der Waals surface area contributed by atoms with E-state index < -0.39 is 0 Å². The van der Waals surface area contributed by atoms with Crippen LogP contribution in [0.5, 0.6) is 0 Å². The molecule has 1 rings (SSSR count). The summed E-state index contributed by atoms with van der Waals surface area (Å²) < 4.78 is 5.93. The van der Waals surface area contributed by atoms with Crippen molar-refractivity contribution in [3.05, 3.63) is 23.2 Å². The van der Waals surface area contributed by atoms with Crippen LogP contribution in [-0.4, -0.2) is 24.0 Å². The standard InChI is InChI=1S/C17H32N2O/c1-7-8-18-10-16-9-17(20-15(16)6)12-19(14(4)5)11-13(2)3/h9,13-14,18H,7-8,10-12H2,1-6H3. The van der Waals surface area contributed by atoms with Gasteiger partial charge < -0.3 is 9.73 Å². The lowest BCUT2D eigenvalue weighted by Crippen LogP contribution is -2.33. The van der Waals surface area contributed by atoms with Crippen LogP contribution < -0.4 is 5.32 Å². The largest absolute Gasteiger partial charge is 0.465 e. The van der Waals surface area contributed by atoms with Gasteiger partial charge in [0.25, 0.3) is 0 Å². The second kappa shape index (κ2) is 8.48. The Morgan fingerprint density at radius 3 is 2.50 bits per heavy atom. The molecule has 1 heterocycles. The zero-order valence-electron chi connectivity index (χ0n) is 14.1. The first-order chi connectivity index (χ1) is 9.43. The quantitative estimate of drug-likeness (QED) is 0.694. The number of hydrogen-bond acceptors (Lipinski definition) is 3. The summed E-state index contributed by atoms with van der Waals surface area (Å²) in [6.07, 6.45) is 1.17. The maximum absolute atomic E-state index is 5.93. The van der Waals surface area contributed by atoms with Crippen molar-refractivity contribution in [2.75, 3.05) is 13.1 Å². The maximum atomic E-state index is 5.93. The zero-order valence-corrected chi connectivity index (χ0v) is 14.1. The minimum Gasteiger partial charge on any atom is -0.465 e. The number of hydrogen-bond donors (Lipinski definition) is 1. The molecule has 3 nitrogen and oxygen atoms in total. The Kier molecular flexibility index (Phi) is 7.31. The van der Waals surface area contributed by atoms with E-state index in [9.17, 15) is 0 Å². The van der Waals surface area contributed by atoms with Crippen LogP contribution in [0.3, 0.4) is 0 Å². The molecule has 1 N–H and O–H groups in total. The van der Waals surface area contributed by atoms with Gasteiger partial charge in [0, 0.05) is 24.7 Å². The van der Waals surface area contributed by atoms with Crippen molar-refractivity contribution >= 4 is 0 Å². The Balaban J connectivity index is 2.64. The predicted molar refractivity (Wildman–Crippen MR) is 85.8 cm³/mol. The van der Waals surface area contributed by atoms with Gasteiger partial charge in [0.05, 0.1) is 6.54 Å². The highest BCUT2D eigenvalue weighted by Gasteiger charge is 2.15. The van der Waals surface area contributed by atoms with Gasteiger partial charge in [-0.1, -0.05) is 20.8 Å². The van der Waals surface area contributed by atoms with Crippen LogP contribution in [0.25, 0.3) is 0 Å². The molecule has 116 valence electrons. The summed E-state index contributed by atoms with van der Waals surface area (Å²) in [5.74, 6) is 2.82. The Hall–Kier alpha value is -0.800. The highest BCUT2D eigenvalue weighted by Crippen LogP contribution is 2.18. The zero-order chi connectivity index (χ0) is 15.1. The molecule has 1 aromatic rings. The van der Waals surface area contributed by atoms with Gasteiger partial charge in [-0.2, -0.15) is 0 Å². The van der Waals surface area contributed by atoms with E-state index in [-0.39, 0.29) is 0 Å². The van der Waals surface area contributed by atoms with Crippen molar-refractivity contribution in [3.63, 3.8) is 0 Å². The molecule has 0 aliphatic rings. The molecule has 0 saturated carbocycles. The van der Waals surface area contributed by atoms with Gasteiger partial charge in [0.2, 0.25) is 0 Å². The maximum Gasteiger partial charge on any atom is 0.118 e. The summed E-state index contributed by atoms with van der Waals surface area (Å²) in [6.45, 7) is 17.3. The fourth-order valence-electron chi connectivity index (χ4n) is 2.37. The molecule has 0 amide bonds. The van der Waals surface area contributed by atoms with Crippen LogP contribution >= 0.6 is 0 Å². The van der Waals surface area contributed by atoms with Gasteiger partial charge in [-0.15, -0.1) is 0 Å². The second-order valence-corrected chi connectivity index (χ2v) is 6.39. The van der Waals surface area contributed by atoms with E-state index in [1.807, 2.05) is 0 Å². The summed E-state index contributed by atoms with van der Waals surface area (Å²) in [5.41, 5.74) is 1.29. The molecule has 0 aliphatic carbocycles. The summed E-state index contributed by atoms with van der Waals surface area (Å²) in [4.78, 5) is 2.48. The van der Waals surface area contributed by atoms with E-state index >= 15 is 0 Å². The molecule has 0 radical (unpaired) electrons. The topological polar surface area (TPSA) is 28.4 Å². The van der Waals surface area contributed by atoms with E-state index in [1.54, 1.807) is 0 Å². The molecule has 20 heavy (non-hydrogen) atoms. The van der Waals surface area contributed by atoms with Crippen LogP contribution in [0.15, 0.2) is 10.5 Å². The predicted octanol–water partition coefficient (Wildman–Crippen LogP) is 3.95. The van der Waals surface area contributed by atoms with Crippen LogP contribution in [0.2, 0.25) is 0 Å². The molecule has 0 bridgehead atoms. The summed E-state index contributed by atoms with van der Waals surface area (Å²) >= 11 is 0. The monoisotopic (exact) mass is 280 g/mol. The van der Waals surface area contributed by atoms with Crippen molar-refractivity contribution in [2.24, 2.45) is 5.92 Å². The first-order valence-corrected chi connectivity index (χ1v) is 7.97. The molecular weight excluding hydrogens is 248 g/mol. The number of aryl methyl sites for hydroxylation is 1. The SMILES string of the molecule is CCCNCc1cc(CN(CC(C)C)C(C)C)oc1C. The van der Waals surface area contributed by atoms with Crippen molar-refractivity contribution in [3.8, 4) is 0 Å². The molecule has 0 fully saturated rings. The summed E-state index contributed by atoms with van der Waals surface area (Å²) in [6, 6.07) is 2.76. The number of nitrogens with one attached hydrogen (secondary N) is 1. The van der Waals surface area contributed by atoms with E-state index in [2.05, 4.69) is 57.8 Å². The number of nitrogens with zero attached hydrogens (tertiary/aromatic N) is 1. The van der Waals surface area contributed by atoms with Gasteiger partial charge in [0.1, 0.15) is 11.5 Å². The Morgan fingerprint density at radius 2 is 1.95 bits per heavy atom. The van der Waals surface area contributed by atoms with Crippen molar-refractivity contribution in [2.45, 2.75) is 67.1 Å². The first-order valence-electron chi connectivity index (χ1n) is 7.97. The average Bonchev–Trinajstić information content (AvgIpc) is 2.69. The summed E-state index contributed by atoms with van der Waals surface area (Å²) in [7, 11) is 0. The molecule has 0 unspecified atom stereocenters. The first kappa shape index (κ1) is 17.3. The van der Waals surface area contributed by atoms with Crippen LogP contribution in [0, 0.1) is 12.8 Å². The molecular formula is C17H32N2O. The van der Waals surface area contributed by atoms with Gasteiger partial charge >= 0.3 is 0 Å². The second-order valence-electron chi connectivity index (χ2n) is 6.39. The molecule has 0 spiro atoms. The fraction of sp³-hybridized carbons (Fsp3) is 0.765. The summed E-state index contributed by atoms with van der Waals surface area (Å²) in [5, 5.41) is 3.44. The fourth-order valence-corrected chi connectivity index (χ4v) is 2.37. The number of rotatable bonds is 9. The molecule has 0 aromatic carbocycles. The minimum absolute atomic E-state index is 0.546. The van der Waals surface area contributed by atoms with E-state index in [0.717, 1.165) is 37.7 Å². The molecule has 3 heteroatoms. The third kappa shape index (κ3) is 5.68. The lowest BCUT2D eigenvalue weighted by Gasteiger charge is -2.27.